The van der Waals surface area contributed by atoms with E-state index in [2.05, 4.69) is 17.2 Å². The van der Waals surface area contributed by atoms with Gasteiger partial charge in [0.2, 0.25) is 0 Å². The molecule has 106 valence electrons. The van der Waals surface area contributed by atoms with Gasteiger partial charge in [-0.15, -0.1) is 0 Å². The maximum Gasteiger partial charge on any atom is 0.251 e. The van der Waals surface area contributed by atoms with E-state index in [1.807, 2.05) is 30.3 Å². The molecule has 0 saturated carbocycles. The SMILES string of the molecule is NCC#Cc1ccc(C(=O)NCc2ccccc2)cc1F. The minimum Gasteiger partial charge on any atom is -0.348 e. The molecule has 0 radical (unpaired) electrons. The second-order valence-corrected chi connectivity index (χ2v) is 4.37. The number of hydrogen-bond acceptors (Lipinski definition) is 2. The summed E-state index contributed by atoms with van der Waals surface area (Å²) < 4.78 is 13.8. The van der Waals surface area contributed by atoms with Gasteiger partial charge < -0.3 is 11.1 Å². The van der Waals surface area contributed by atoms with Crippen LogP contribution in [0.25, 0.3) is 0 Å². The molecule has 0 unspecified atom stereocenters. The van der Waals surface area contributed by atoms with Crippen LogP contribution in [0, 0.1) is 17.7 Å². The van der Waals surface area contributed by atoms with E-state index < -0.39 is 5.82 Å². The van der Waals surface area contributed by atoms with Crippen LogP contribution < -0.4 is 11.1 Å². The minimum atomic E-state index is -0.525. The zero-order valence-corrected chi connectivity index (χ0v) is 11.4. The van der Waals surface area contributed by atoms with E-state index in [4.69, 9.17) is 5.73 Å². The quantitative estimate of drug-likeness (QED) is 0.847. The first-order chi connectivity index (χ1) is 10.2. The molecule has 3 N–H and O–H groups in total. The third-order valence-corrected chi connectivity index (χ3v) is 2.85. The summed E-state index contributed by atoms with van der Waals surface area (Å²) in [5.74, 6) is 4.35. The molecule has 0 aromatic heterocycles. The summed E-state index contributed by atoms with van der Waals surface area (Å²) in [6.07, 6.45) is 0. The highest BCUT2D eigenvalue weighted by molar-refractivity contribution is 5.94. The molecule has 0 heterocycles. The number of nitrogens with one attached hydrogen (secondary N) is 1. The zero-order chi connectivity index (χ0) is 15.1. The molecule has 0 saturated heterocycles. The third kappa shape index (κ3) is 4.16. The van der Waals surface area contributed by atoms with Crippen LogP contribution >= 0.6 is 0 Å². The van der Waals surface area contributed by atoms with Crippen molar-refractivity contribution in [1.82, 2.24) is 5.32 Å². The van der Waals surface area contributed by atoms with Crippen LogP contribution in [0.5, 0.6) is 0 Å². The van der Waals surface area contributed by atoms with Gasteiger partial charge >= 0.3 is 0 Å². The number of carbonyl (C=O) groups is 1. The van der Waals surface area contributed by atoms with Crippen LogP contribution in [0.2, 0.25) is 0 Å². The van der Waals surface area contributed by atoms with Crippen LogP contribution in [-0.2, 0) is 6.54 Å². The highest BCUT2D eigenvalue weighted by Crippen LogP contribution is 2.10. The number of nitrogens with two attached hydrogens (primary N) is 1. The zero-order valence-electron chi connectivity index (χ0n) is 11.4. The lowest BCUT2D eigenvalue weighted by atomic mass is 10.1. The molecule has 0 bridgehead atoms. The summed E-state index contributed by atoms with van der Waals surface area (Å²) in [7, 11) is 0. The van der Waals surface area contributed by atoms with Crippen molar-refractivity contribution in [2.45, 2.75) is 6.54 Å². The van der Waals surface area contributed by atoms with Crippen LogP contribution in [0.15, 0.2) is 48.5 Å². The average molecular weight is 282 g/mol. The highest BCUT2D eigenvalue weighted by Gasteiger charge is 2.08. The molecule has 1 amide bonds. The van der Waals surface area contributed by atoms with Gasteiger partial charge in [0.1, 0.15) is 5.82 Å². The summed E-state index contributed by atoms with van der Waals surface area (Å²) in [6.45, 7) is 0.564. The van der Waals surface area contributed by atoms with E-state index in [-0.39, 0.29) is 23.6 Å². The van der Waals surface area contributed by atoms with Crippen LogP contribution in [-0.4, -0.2) is 12.5 Å². The molecule has 0 spiro atoms. The highest BCUT2D eigenvalue weighted by atomic mass is 19.1. The Bertz CT molecular complexity index is 687. The molecule has 2 aromatic carbocycles. The number of amides is 1. The summed E-state index contributed by atoms with van der Waals surface area (Å²) in [4.78, 5) is 12.0. The van der Waals surface area contributed by atoms with Crippen LogP contribution in [0.1, 0.15) is 21.5 Å². The van der Waals surface area contributed by atoms with E-state index in [1.54, 1.807) is 6.07 Å². The topological polar surface area (TPSA) is 55.1 Å². The molecule has 21 heavy (non-hydrogen) atoms. The monoisotopic (exact) mass is 282 g/mol. The van der Waals surface area contributed by atoms with E-state index >= 15 is 0 Å². The Hall–Kier alpha value is -2.64. The second-order valence-electron chi connectivity index (χ2n) is 4.37. The van der Waals surface area contributed by atoms with Gasteiger partial charge in [-0.2, -0.15) is 0 Å². The Morgan fingerprint density at radius 3 is 2.62 bits per heavy atom. The van der Waals surface area contributed by atoms with Gasteiger partial charge in [-0.05, 0) is 23.8 Å². The summed E-state index contributed by atoms with van der Waals surface area (Å²) in [5, 5.41) is 2.74. The third-order valence-electron chi connectivity index (χ3n) is 2.85. The van der Waals surface area contributed by atoms with Crippen molar-refractivity contribution >= 4 is 5.91 Å². The summed E-state index contributed by atoms with van der Waals surface area (Å²) >= 11 is 0. The van der Waals surface area contributed by atoms with Gasteiger partial charge in [0.25, 0.3) is 5.91 Å². The van der Waals surface area contributed by atoms with E-state index in [0.29, 0.717) is 6.54 Å². The first kappa shape index (κ1) is 14.8. The van der Waals surface area contributed by atoms with Crippen LogP contribution in [0.3, 0.4) is 0 Å². The van der Waals surface area contributed by atoms with E-state index in [1.165, 1.54) is 12.1 Å². The molecule has 0 aliphatic carbocycles. The first-order valence-electron chi connectivity index (χ1n) is 6.51. The molecular weight excluding hydrogens is 267 g/mol. The Morgan fingerprint density at radius 2 is 1.95 bits per heavy atom. The van der Waals surface area contributed by atoms with Crippen molar-refractivity contribution in [3.05, 3.63) is 71.0 Å². The van der Waals surface area contributed by atoms with Crippen molar-refractivity contribution in [2.24, 2.45) is 5.73 Å². The molecule has 0 fully saturated rings. The largest absolute Gasteiger partial charge is 0.348 e. The normalized spacial score (nSPS) is 9.62. The maximum absolute atomic E-state index is 13.8. The lowest BCUT2D eigenvalue weighted by Gasteiger charge is -2.06. The molecule has 4 heteroatoms. The van der Waals surface area contributed by atoms with Gasteiger partial charge in [0.05, 0.1) is 12.1 Å². The second kappa shape index (κ2) is 7.22. The first-order valence-corrected chi connectivity index (χ1v) is 6.51. The number of halogens is 1. The molecular formula is C17H15FN2O. The Balaban J connectivity index is 2.04. The molecule has 0 aliphatic heterocycles. The minimum absolute atomic E-state index is 0.165. The Morgan fingerprint density at radius 1 is 1.19 bits per heavy atom. The summed E-state index contributed by atoms with van der Waals surface area (Å²) in [6, 6.07) is 13.7. The van der Waals surface area contributed by atoms with Gasteiger partial charge in [-0.1, -0.05) is 42.2 Å². The smallest absolute Gasteiger partial charge is 0.251 e. The number of rotatable bonds is 3. The van der Waals surface area contributed by atoms with E-state index in [0.717, 1.165) is 5.56 Å². The lowest BCUT2D eigenvalue weighted by Crippen LogP contribution is -2.22. The number of carbonyl (C=O) groups excluding carboxylic acids is 1. The molecule has 0 aliphatic rings. The fraction of sp³-hybridized carbons (Fsp3) is 0.118. The van der Waals surface area contributed by atoms with Crippen LogP contribution in [0.4, 0.5) is 4.39 Å². The van der Waals surface area contributed by atoms with Gasteiger partial charge in [0, 0.05) is 12.1 Å². The molecule has 0 atom stereocenters. The predicted octanol–water partition coefficient (Wildman–Crippen LogP) is 2.07. The van der Waals surface area contributed by atoms with Gasteiger partial charge in [-0.3, -0.25) is 4.79 Å². The number of hydrogen-bond donors (Lipinski definition) is 2. The summed E-state index contributed by atoms with van der Waals surface area (Å²) in [5.41, 5.74) is 6.72. The predicted molar refractivity (Wildman–Crippen MR) is 79.9 cm³/mol. The fourth-order valence-corrected chi connectivity index (χ4v) is 1.78. The Kier molecular flexibility index (Phi) is 5.08. The van der Waals surface area contributed by atoms with Gasteiger partial charge in [0.15, 0.2) is 0 Å². The molecule has 3 nitrogen and oxygen atoms in total. The molecule has 2 aromatic rings. The van der Waals surface area contributed by atoms with Crippen molar-refractivity contribution < 1.29 is 9.18 Å². The lowest BCUT2D eigenvalue weighted by molar-refractivity contribution is 0.0950. The fourth-order valence-electron chi connectivity index (χ4n) is 1.78. The van der Waals surface area contributed by atoms with Crippen molar-refractivity contribution in [1.29, 1.82) is 0 Å². The van der Waals surface area contributed by atoms with Gasteiger partial charge in [-0.25, -0.2) is 4.39 Å². The molecule has 2 rings (SSSR count). The van der Waals surface area contributed by atoms with Crippen molar-refractivity contribution in [3.63, 3.8) is 0 Å². The van der Waals surface area contributed by atoms with Crippen molar-refractivity contribution in [2.75, 3.05) is 6.54 Å². The Labute approximate surface area is 123 Å². The van der Waals surface area contributed by atoms with Crippen molar-refractivity contribution in [3.8, 4) is 11.8 Å². The standard InChI is InChI=1S/C17H15FN2O/c18-16-11-15(9-8-14(16)7-4-10-19)17(21)20-12-13-5-2-1-3-6-13/h1-3,5-6,8-9,11H,10,12,19H2,(H,20,21). The maximum atomic E-state index is 13.8. The number of benzene rings is 2. The average Bonchev–Trinajstić information content (AvgIpc) is 2.52. The van der Waals surface area contributed by atoms with E-state index in [9.17, 15) is 9.18 Å².